The van der Waals surface area contributed by atoms with Crippen LogP contribution in [0.2, 0.25) is 5.02 Å². The third-order valence-electron chi connectivity index (χ3n) is 2.96. The van der Waals surface area contributed by atoms with E-state index in [0.717, 1.165) is 5.56 Å². The van der Waals surface area contributed by atoms with Crippen molar-refractivity contribution in [1.82, 2.24) is 15.5 Å². The van der Waals surface area contributed by atoms with Gasteiger partial charge in [-0.15, -0.1) is 12.4 Å². The number of hydrogen-bond acceptors (Lipinski definition) is 5. The van der Waals surface area contributed by atoms with Crippen LogP contribution in [-0.2, 0) is 0 Å². The molecule has 1 saturated heterocycles. The average molecular weight is 302 g/mol. The number of nitrogens with one attached hydrogen (secondary N) is 1. The average Bonchev–Trinajstić information content (AvgIpc) is 2.98. The first kappa shape index (κ1) is 14.3. The van der Waals surface area contributed by atoms with Gasteiger partial charge in [0.1, 0.15) is 0 Å². The highest BCUT2D eigenvalue weighted by Crippen LogP contribution is 2.28. The lowest BCUT2D eigenvalue weighted by atomic mass is 10.2. The summed E-state index contributed by atoms with van der Waals surface area (Å²) in [5.41, 5.74) is 0.743. The SMILES string of the molecule is Cl.O[C@@H]1CN[C@@H](c2nc(-c3ccccc3Cl)no2)C1. The number of β-amino-alcohol motifs (C(OH)–C–C–N with tert-alkyl or cyclic N) is 1. The van der Waals surface area contributed by atoms with E-state index >= 15 is 0 Å². The van der Waals surface area contributed by atoms with Gasteiger partial charge in [-0.3, -0.25) is 0 Å². The number of aromatic nitrogens is 2. The van der Waals surface area contributed by atoms with Crippen LogP contribution < -0.4 is 5.32 Å². The van der Waals surface area contributed by atoms with Gasteiger partial charge < -0.3 is 14.9 Å². The zero-order valence-electron chi connectivity index (χ0n) is 9.91. The fourth-order valence-electron chi connectivity index (χ4n) is 2.03. The standard InChI is InChI=1S/C12H12ClN3O2.ClH/c13-9-4-2-1-3-8(9)11-15-12(18-16-11)10-5-7(17)6-14-10;/h1-4,7,10,14,17H,5-6H2;1H/t7-,10+;/m0./s1. The van der Waals surface area contributed by atoms with E-state index in [9.17, 15) is 5.11 Å². The monoisotopic (exact) mass is 301 g/mol. The molecule has 102 valence electrons. The van der Waals surface area contributed by atoms with Crippen LogP contribution in [-0.4, -0.2) is 27.9 Å². The molecule has 7 heteroatoms. The molecule has 19 heavy (non-hydrogen) atoms. The molecule has 0 saturated carbocycles. The maximum absolute atomic E-state index is 9.46. The Morgan fingerprint density at radius 2 is 2.16 bits per heavy atom. The summed E-state index contributed by atoms with van der Waals surface area (Å²) in [5, 5.41) is 17.1. The van der Waals surface area contributed by atoms with E-state index in [1.165, 1.54) is 0 Å². The van der Waals surface area contributed by atoms with Crippen LogP contribution >= 0.6 is 24.0 Å². The maximum atomic E-state index is 9.46. The van der Waals surface area contributed by atoms with Crippen LogP contribution in [0.1, 0.15) is 18.4 Å². The number of hydrogen-bond donors (Lipinski definition) is 2. The van der Waals surface area contributed by atoms with E-state index < -0.39 is 0 Å². The predicted octanol–water partition coefficient (Wildman–Crippen LogP) is 2.21. The van der Waals surface area contributed by atoms with Gasteiger partial charge in [-0.2, -0.15) is 4.98 Å². The highest BCUT2D eigenvalue weighted by molar-refractivity contribution is 6.33. The van der Waals surface area contributed by atoms with Gasteiger partial charge in [-0.05, 0) is 18.6 Å². The fraction of sp³-hybridized carbons (Fsp3) is 0.333. The van der Waals surface area contributed by atoms with E-state index in [1.54, 1.807) is 6.07 Å². The first-order valence-corrected chi connectivity index (χ1v) is 6.12. The lowest BCUT2D eigenvalue weighted by Crippen LogP contribution is -2.15. The van der Waals surface area contributed by atoms with Crippen LogP contribution in [0.4, 0.5) is 0 Å². The molecule has 1 fully saturated rings. The molecule has 0 bridgehead atoms. The Labute approximate surface area is 121 Å². The molecule has 2 atom stereocenters. The molecule has 1 aromatic heterocycles. The van der Waals surface area contributed by atoms with Crippen LogP contribution in [0.5, 0.6) is 0 Å². The second-order valence-corrected chi connectivity index (χ2v) is 4.69. The zero-order chi connectivity index (χ0) is 12.5. The van der Waals surface area contributed by atoms with Gasteiger partial charge in [-0.1, -0.05) is 28.9 Å². The summed E-state index contributed by atoms with van der Waals surface area (Å²) in [5.74, 6) is 0.959. The number of aliphatic hydroxyl groups is 1. The first-order valence-electron chi connectivity index (χ1n) is 5.74. The van der Waals surface area contributed by atoms with Crippen molar-refractivity contribution in [2.45, 2.75) is 18.6 Å². The van der Waals surface area contributed by atoms with Gasteiger partial charge >= 0.3 is 0 Å². The largest absolute Gasteiger partial charge is 0.392 e. The summed E-state index contributed by atoms with van der Waals surface area (Å²) < 4.78 is 5.21. The van der Waals surface area contributed by atoms with Crippen LogP contribution in [0.25, 0.3) is 11.4 Å². The van der Waals surface area contributed by atoms with Gasteiger partial charge in [0.25, 0.3) is 0 Å². The summed E-state index contributed by atoms with van der Waals surface area (Å²) >= 11 is 6.07. The van der Waals surface area contributed by atoms with Gasteiger partial charge in [0, 0.05) is 12.1 Å². The smallest absolute Gasteiger partial charge is 0.244 e. The van der Waals surface area contributed by atoms with E-state index in [0.29, 0.717) is 29.7 Å². The van der Waals surface area contributed by atoms with E-state index in [1.807, 2.05) is 18.2 Å². The molecule has 2 heterocycles. The molecule has 3 rings (SSSR count). The molecule has 5 nitrogen and oxygen atoms in total. The molecular weight excluding hydrogens is 289 g/mol. The molecule has 1 aromatic carbocycles. The van der Waals surface area contributed by atoms with Crippen molar-refractivity contribution in [3.8, 4) is 11.4 Å². The van der Waals surface area contributed by atoms with Gasteiger partial charge in [-0.25, -0.2) is 0 Å². The third-order valence-corrected chi connectivity index (χ3v) is 3.29. The second kappa shape index (κ2) is 5.88. The molecule has 0 radical (unpaired) electrons. The van der Waals surface area contributed by atoms with Crippen molar-refractivity contribution in [2.75, 3.05) is 6.54 Å². The molecule has 0 amide bonds. The number of halogens is 2. The molecule has 2 N–H and O–H groups in total. The number of nitrogens with zero attached hydrogens (tertiary/aromatic N) is 2. The van der Waals surface area contributed by atoms with Crippen LogP contribution in [0.3, 0.4) is 0 Å². The lowest BCUT2D eigenvalue weighted by Gasteiger charge is -2.01. The minimum absolute atomic E-state index is 0. The highest BCUT2D eigenvalue weighted by Gasteiger charge is 2.28. The van der Waals surface area contributed by atoms with Gasteiger partial charge in [0.2, 0.25) is 11.7 Å². The molecule has 0 spiro atoms. The molecular formula is C12H13Cl2N3O2. The van der Waals surface area contributed by atoms with Crippen LogP contribution in [0, 0.1) is 0 Å². The topological polar surface area (TPSA) is 71.2 Å². The lowest BCUT2D eigenvalue weighted by molar-refractivity contribution is 0.191. The minimum Gasteiger partial charge on any atom is -0.392 e. The summed E-state index contributed by atoms with van der Waals surface area (Å²) in [6.07, 6.45) is 0.232. The highest BCUT2D eigenvalue weighted by atomic mass is 35.5. The Morgan fingerprint density at radius 1 is 1.37 bits per heavy atom. The quantitative estimate of drug-likeness (QED) is 0.890. The fourth-order valence-corrected chi connectivity index (χ4v) is 2.25. The summed E-state index contributed by atoms with van der Waals surface area (Å²) in [4.78, 5) is 4.32. The number of aliphatic hydroxyl groups excluding tert-OH is 1. The van der Waals surface area contributed by atoms with Crippen molar-refractivity contribution in [1.29, 1.82) is 0 Å². The number of benzene rings is 1. The van der Waals surface area contributed by atoms with E-state index in [4.69, 9.17) is 16.1 Å². The van der Waals surface area contributed by atoms with Crippen molar-refractivity contribution < 1.29 is 9.63 Å². The Morgan fingerprint density at radius 3 is 2.84 bits per heavy atom. The first-order chi connectivity index (χ1) is 8.74. The Bertz CT molecular complexity index is 561. The summed E-state index contributed by atoms with van der Waals surface area (Å²) in [6.45, 7) is 0.550. The molecule has 0 unspecified atom stereocenters. The second-order valence-electron chi connectivity index (χ2n) is 4.29. The third kappa shape index (κ3) is 2.90. The molecule has 2 aromatic rings. The van der Waals surface area contributed by atoms with E-state index in [-0.39, 0.29) is 24.6 Å². The molecule has 1 aliphatic heterocycles. The van der Waals surface area contributed by atoms with Gasteiger partial charge in [0.05, 0.1) is 17.2 Å². The summed E-state index contributed by atoms with van der Waals surface area (Å²) in [7, 11) is 0. The number of rotatable bonds is 2. The van der Waals surface area contributed by atoms with E-state index in [2.05, 4.69) is 15.5 Å². The molecule has 1 aliphatic rings. The van der Waals surface area contributed by atoms with Crippen LogP contribution in [0.15, 0.2) is 28.8 Å². The zero-order valence-corrected chi connectivity index (χ0v) is 11.5. The summed E-state index contributed by atoms with van der Waals surface area (Å²) in [6, 6.07) is 7.26. The maximum Gasteiger partial charge on any atom is 0.244 e. The van der Waals surface area contributed by atoms with Gasteiger partial charge in [0.15, 0.2) is 0 Å². The molecule has 0 aliphatic carbocycles. The Balaban J connectivity index is 0.00000133. The minimum atomic E-state index is -0.356. The Kier molecular flexibility index (Phi) is 4.42. The normalized spacial score (nSPS) is 22.2. The van der Waals surface area contributed by atoms with Crippen molar-refractivity contribution in [2.24, 2.45) is 0 Å². The predicted molar refractivity (Wildman–Crippen MR) is 73.4 cm³/mol. The Hall–Kier alpha value is -1.14. The van der Waals surface area contributed by atoms with Crippen molar-refractivity contribution in [3.63, 3.8) is 0 Å². The van der Waals surface area contributed by atoms with Crippen molar-refractivity contribution in [3.05, 3.63) is 35.2 Å². The van der Waals surface area contributed by atoms with Crippen molar-refractivity contribution >= 4 is 24.0 Å².